The average molecular weight is 466 g/mol. The van der Waals surface area contributed by atoms with Crippen molar-refractivity contribution < 1.29 is 9.84 Å². The lowest BCUT2D eigenvalue weighted by atomic mass is 9.95. The molecule has 4 heteroatoms. The summed E-state index contributed by atoms with van der Waals surface area (Å²) in [5.74, 6) is 1.12. The molecule has 0 aromatic heterocycles. The lowest BCUT2D eigenvalue weighted by Gasteiger charge is -2.18. The van der Waals surface area contributed by atoms with Crippen molar-refractivity contribution in [1.82, 2.24) is 4.90 Å². The van der Waals surface area contributed by atoms with Gasteiger partial charge in [-0.05, 0) is 70.0 Å². The molecular formula is C26H28BrNO2. The molecule has 30 heavy (non-hydrogen) atoms. The predicted molar refractivity (Wildman–Crippen MR) is 129 cm³/mol. The van der Waals surface area contributed by atoms with Crippen molar-refractivity contribution in [2.45, 2.75) is 13.8 Å². The van der Waals surface area contributed by atoms with Gasteiger partial charge in [0.1, 0.15) is 18.1 Å². The highest BCUT2D eigenvalue weighted by atomic mass is 79.9. The second-order valence-corrected chi connectivity index (χ2v) is 7.79. The maximum atomic E-state index is 9.71. The summed E-state index contributed by atoms with van der Waals surface area (Å²) in [5, 5.41) is 9.71. The van der Waals surface area contributed by atoms with Gasteiger partial charge in [0.2, 0.25) is 0 Å². The molecule has 0 unspecified atom stereocenters. The summed E-state index contributed by atoms with van der Waals surface area (Å²) in [5.41, 5.74) is 4.27. The first-order chi connectivity index (χ1) is 14.6. The molecule has 0 radical (unpaired) electrons. The molecule has 0 saturated carbocycles. The number of nitrogens with zero attached hydrogens (tertiary/aromatic N) is 1. The maximum absolute atomic E-state index is 9.71. The average Bonchev–Trinajstić information content (AvgIpc) is 2.79. The lowest BCUT2D eigenvalue weighted by Crippen LogP contribution is -2.27. The van der Waals surface area contributed by atoms with Gasteiger partial charge in [-0.15, -0.1) is 0 Å². The highest BCUT2D eigenvalue weighted by molar-refractivity contribution is 9.15. The van der Waals surface area contributed by atoms with Crippen molar-refractivity contribution in [2.24, 2.45) is 0 Å². The predicted octanol–water partition coefficient (Wildman–Crippen LogP) is 6.42. The molecular weight excluding hydrogens is 438 g/mol. The number of rotatable bonds is 9. The normalized spacial score (nSPS) is 12.0. The molecule has 3 nitrogen and oxygen atoms in total. The minimum Gasteiger partial charge on any atom is -0.508 e. The molecule has 3 aromatic carbocycles. The van der Waals surface area contributed by atoms with Gasteiger partial charge in [0.05, 0.1) is 0 Å². The molecule has 0 saturated heterocycles. The van der Waals surface area contributed by atoms with Crippen LogP contribution in [0.15, 0.2) is 78.9 Å². The lowest BCUT2D eigenvalue weighted by molar-refractivity contribution is 0.223. The van der Waals surface area contributed by atoms with Crippen LogP contribution in [0.2, 0.25) is 0 Å². The Morgan fingerprint density at radius 1 is 0.800 bits per heavy atom. The Morgan fingerprint density at radius 3 is 1.93 bits per heavy atom. The van der Waals surface area contributed by atoms with Crippen molar-refractivity contribution in [2.75, 3.05) is 26.2 Å². The highest BCUT2D eigenvalue weighted by Crippen LogP contribution is 2.37. The van der Waals surface area contributed by atoms with E-state index in [0.29, 0.717) is 6.61 Å². The summed E-state index contributed by atoms with van der Waals surface area (Å²) >= 11 is 3.82. The molecule has 3 rings (SSSR count). The molecule has 0 atom stereocenters. The zero-order valence-corrected chi connectivity index (χ0v) is 19.1. The van der Waals surface area contributed by atoms with Crippen LogP contribution in [0.4, 0.5) is 0 Å². The van der Waals surface area contributed by atoms with Gasteiger partial charge in [-0.25, -0.2) is 0 Å². The SMILES string of the molecule is CCN(CC)CCOc1ccc(/C(=C(/Br)c2ccccc2)c2ccc(O)cc2)cc1. The van der Waals surface area contributed by atoms with Crippen LogP contribution in [0.1, 0.15) is 30.5 Å². The first-order valence-electron chi connectivity index (χ1n) is 10.3. The number of aromatic hydroxyl groups is 1. The minimum absolute atomic E-state index is 0.255. The van der Waals surface area contributed by atoms with Crippen molar-refractivity contribution >= 4 is 26.0 Å². The molecule has 3 aromatic rings. The van der Waals surface area contributed by atoms with Crippen LogP contribution >= 0.6 is 15.9 Å². The molecule has 0 amide bonds. The number of phenols is 1. The van der Waals surface area contributed by atoms with E-state index in [4.69, 9.17) is 4.74 Å². The number of benzene rings is 3. The summed E-state index contributed by atoms with van der Waals surface area (Å²) in [7, 11) is 0. The smallest absolute Gasteiger partial charge is 0.119 e. The van der Waals surface area contributed by atoms with Crippen molar-refractivity contribution in [1.29, 1.82) is 0 Å². The van der Waals surface area contributed by atoms with E-state index in [1.807, 2.05) is 42.5 Å². The van der Waals surface area contributed by atoms with Crippen molar-refractivity contribution in [3.05, 3.63) is 95.6 Å². The van der Waals surface area contributed by atoms with Gasteiger partial charge < -0.3 is 14.7 Å². The van der Waals surface area contributed by atoms with Gasteiger partial charge in [-0.2, -0.15) is 0 Å². The van der Waals surface area contributed by atoms with Gasteiger partial charge in [0.25, 0.3) is 0 Å². The number of phenolic OH excluding ortho intramolecular Hbond substituents is 1. The van der Waals surface area contributed by atoms with Crippen LogP contribution in [-0.2, 0) is 0 Å². The van der Waals surface area contributed by atoms with Crippen LogP contribution in [0.5, 0.6) is 11.5 Å². The largest absolute Gasteiger partial charge is 0.508 e. The zero-order valence-electron chi connectivity index (χ0n) is 17.5. The number of ether oxygens (including phenoxy) is 1. The van der Waals surface area contributed by atoms with Gasteiger partial charge in [-0.3, -0.25) is 0 Å². The third kappa shape index (κ3) is 5.74. The molecule has 0 spiro atoms. The van der Waals surface area contributed by atoms with Gasteiger partial charge in [0, 0.05) is 16.6 Å². The molecule has 156 valence electrons. The molecule has 0 aliphatic heterocycles. The Hall–Kier alpha value is -2.56. The highest BCUT2D eigenvalue weighted by Gasteiger charge is 2.12. The van der Waals surface area contributed by atoms with E-state index in [0.717, 1.165) is 52.1 Å². The Bertz CT molecular complexity index is 947. The first-order valence-corrected chi connectivity index (χ1v) is 11.1. The zero-order chi connectivity index (χ0) is 21.3. The van der Waals surface area contributed by atoms with Crippen LogP contribution in [-0.4, -0.2) is 36.2 Å². The first kappa shape index (κ1) is 22.1. The van der Waals surface area contributed by atoms with Crippen LogP contribution < -0.4 is 4.74 Å². The molecule has 0 bridgehead atoms. The fraction of sp³-hybridized carbons (Fsp3) is 0.231. The number of hydrogen-bond acceptors (Lipinski definition) is 3. The second-order valence-electron chi connectivity index (χ2n) is 7.00. The Kier molecular flexibility index (Phi) is 8.12. The molecule has 0 heterocycles. The fourth-order valence-electron chi connectivity index (χ4n) is 3.33. The number of likely N-dealkylation sites (N-methyl/N-ethyl adjacent to an activating group) is 1. The van der Waals surface area contributed by atoms with Crippen LogP contribution in [0, 0.1) is 0 Å². The summed E-state index contributed by atoms with van der Waals surface area (Å²) < 4.78 is 6.94. The number of hydrogen-bond donors (Lipinski definition) is 1. The van der Waals surface area contributed by atoms with Gasteiger partial charge in [0.15, 0.2) is 0 Å². The quantitative estimate of drug-likeness (QED) is 0.369. The third-order valence-corrected chi connectivity index (χ3v) is 5.97. The van der Waals surface area contributed by atoms with E-state index in [9.17, 15) is 5.11 Å². The van der Waals surface area contributed by atoms with Gasteiger partial charge in [-0.1, -0.05) is 68.4 Å². The molecule has 1 N–H and O–H groups in total. The van der Waals surface area contributed by atoms with E-state index in [2.05, 4.69) is 58.9 Å². The fourth-order valence-corrected chi connectivity index (χ4v) is 4.05. The van der Waals surface area contributed by atoms with E-state index < -0.39 is 0 Å². The summed E-state index contributed by atoms with van der Waals surface area (Å²) in [6.45, 7) is 8.00. The summed E-state index contributed by atoms with van der Waals surface area (Å²) in [4.78, 5) is 2.34. The van der Waals surface area contributed by atoms with Crippen LogP contribution in [0.25, 0.3) is 10.1 Å². The summed E-state index contributed by atoms with van der Waals surface area (Å²) in [6.07, 6.45) is 0. The maximum Gasteiger partial charge on any atom is 0.119 e. The Morgan fingerprint density at radius 2 is 1.37 bits per heavy atom. The Labute approximate surface area is 187 Å². The molecule has 0 aliphatic rings. The van der Waals surface area contributed by atoms with Gasteiger partial charge >= 0.3 is 0 Å². The van der Waals surface area contributed by atoms with Crippen molar-refractivity contribution in [3.63, 3.8) is 0 Å². The van der Waals surface area contributed by atoms with E-state index in [1.165, 1.54) is 0 Å². The monoisotopic (exact) mass is 465 g/mol. The van der Waals surface area contributed by atoms with E-state index in [-0.39, 0.29) is 5.75 Å². The second kappa shape index (κ2) is 11.0. The minimum atomic E-state index is 0.255. The standard InChI is InChI=1S/C26H28BrNO2/c1-3-28(4-2)18-19-30-24-16-12-21(13-17-24)25(20-10-14-23(29)15-11-20)26(27)22-8-6-5-7-9-22/h5-17,29H,3-4,18-19H2,1-2H3/b26-25+. The topological polar surface area (TPSA) is 32.7 Å². The van der Waals surface area contributed by atoms with Crippen LogP contribution in [0.3, 0.4) is 0 Å². The molecule has 0 fully saturated rings. The molecule has 0 aliphatic carbocycles. The third-order valence-electron chi connectivity index (χ3n) is 5.12. The van der Waals surface area contributed by atoms with Crippen molar-refractivity contribution in [3.8, 4) is 11.5 Å². The van der Waals surface area contributed by atoms with E-state index >= 15 is 0 Å². The summed E-state index contributed by atoms with van der Waals surface area (Å²) in [6, 6.07) is 25.7. The number of halogens is 1. The van der Waals surface area contributed by atoms with E-state index in [1.54, 1.807) is 12.1 Å². The Balaban J connectivity index is 1.88.